The average molecular weight is 246 g/mol. The van der Waals surface area contributed by atoms with E-state index in [-0.39, 0.29) is 39.0 Å². The van der Waals surface area contributed by atoms with Gasteiger partial charge in [-0.2, -0.15) is 0 Å². The fourth-order valence-electron chi connectivity index (χ4n) is 0. The molecule has 0 bridgehead atoms. The van der Waals surface area contributed by atoms with Crippen molar-refractivity contribution in [3.05, 3.63) is 0 Å². The number of hydrogen-bond donors (Lipinski definition) is 1. The van der Waals surface area contributed by atoms with Gasteiger partial charge < -0.3 is 5.48 Å². The van der Waals surface area contributed by atoms with Crippen LogP contribution in [0.25, 0.3) is 0 Å². The Morgan fingerprint density at radius 1 is 1.20 bits per heavy atom. The van der Waals surface area contributed by atoms with Gasteiger partial charge in [0.25, 0.3) is 0 Å². The Bertz CT molecular complexity index is 9.61. The standard InChI is InChI=1S/Fe.Mo.Ni.2H2O/h;;;2*1H2/q;+1;;;/p-1. The van der Waals surface area contributed by atoms with E-state index in [0.29, 0.717) is 0 Å². The first-order chi connectivity index (χ1) is 1.00. The Labute approximate surface area is 62.8 Å². The Morgan fingerprint density at radius 2 is 1.20 bits per heavy atom. The van der Waals surface area contributed by atoms with E-state index < -0.39 is 0 Å². The van der Waals surface area contributed by atoms with Gasteiger partial charge in [-0.25, -0.2) is 0 Å². The summed E-state index contributed by atoms with van der Waals surface area (Å²) in [6, 6.07) is 0. The van der Waals surface area contributed by atoms with Crippen LogP contribution < -0.4 is 0 Å². The van der Waals surface area contributed by atoms with Crippen LogP contribution in [0.5, 0.6) is 0 Å². The van der Waals surface area contributed by atoms with Gasteiger partial charge in [0.1, 0.15) is 0 Å². The Hall–Kier alpha value is 1.62. The second-order valence-electron chi connectivity index (χ2n) is 0. The van der Waals surface area contributed by atoms with Gasteiger partial charge >= 0.3 is 24.0 Å². The molecular weight excluding hydrogens is 242 g/mol. The van der Waals surface area contributed by atoms with Crippen LogP contribution in [0.15, 0.2) is 0 Å². The van der Waals surface area contributed by atoms with Crippen LogP contribution in [0.4, 0.5) is 0 Å². The molecule has 0 atom stereocenters. The van der Waals surface area contributed by atoms with Gasteiger partial charge in [-0.3, -0.25) is 0 Å². The minimum absolute atomic E-state index is 0. The van der Waals surface area contributed by atoms with E-state index in [4.69, 9.17) is 3.76 Å². The molecule has 0 spiro atoms. The maximum absolute atomic E-state index is 7.01. The van der Waals surface area contributed by atoms with Gasteiger partial charge in [0.05, 0.1) is 0 Å². The van der Waals surface area contributed by atoms with Crippen molar-refractivity contribution >= 4 is 0 Å². The van der Waals surface area contributed by atoms with Gasteiger partial charge in [-0.1, -0.05) is 0 Å². The first-order valence-corrected chi connectivity index (χ1v) is 1.08. The fraction of sp³-hybridized carbons (Fsp3) is 0. The predicted molar refractivity (Wildman–Crippen MR) is 5.83 cm³/mol. The van der Waals surface area contributed by atoms with Crippen molar-refractivity contribution in [2.45, 2.75) is 0 Å². The second-order valence-corrected chi connectivity index (χ2v) is 0. The van der Waals surface area contributed by atoms with E-state index in [2.05, 4.69) is 0 Å². The third kappa shape index (κ3) is 28.0. The van der Waals surface area contributed by atoms with Gasteiger partial charge in [-0.05, 0) is 0 Å². The SMILES string of the molecule is O.[Fe].[Ni].[OH][Mo]. The summed E-state index contributed by atoms with van der Waals surface area (Å²) in [7, 11) is 0. The zero-order valence-corrected chi connectivity index (χ0v) is 6.12. The van der Waals surface area contributed by atoms with Crippen LogP contribution >= 0.6 is 0 Å². The van der Waals surface area contributed by atoms with Gasteiger partial charge in [0.15, 0.2) is 0 Å². The molecule has 0 aromatic heterocycles. The number of hydrogen-bond acceptors (Lipinski definition) is 1. The molecule has 0 radical (unpaired) electrons. The van der Waals surface area contributed by atoms with Crippen molar-refractivity contribution in [2.75, 3.05) is 0 Å². The minimum atomic E-state index is 0. The Balaban J connectivity index is -0.00000000167. The van der Waals surface area contributed by atoms with Crippen molar-refractivity contribution in [3.63, 3.8) is 0 Å². The first-order valence-electron chi connectivity index (χ1n) is 0.183. The second kappa shape index (κ2) is 45.7. The topological polar surface area (TPSA) is 51.7 Å². The summed E-state index contributed by atoms with van der Waals surface area (Å²) in [6.45, 7) is 0. The molecule has 0 aromatic carbocycles. The summed E-state index contributed by atoms with van der Waals surface area (Å²) in [4.78, 5) is 0. The summed E-state index contributed by atoms with van der Waals surface area (Å²) < 4.78 is 7.01. The van der Waals surface area contributed by atoms with E-state index in [1.165, 1.54) is 0 Å². The molecule has 5 heavy (non-hydrogen) atoms. The molecule has 0 unspecified atom stereocenters. The third-order valence-electron chi connectivity index (χ3n) is 0. The molecule has 0 rings (SSSR count). The predicted octanol–water partition coefficient (Wildman–Crippen LogP) is -1.39. The maximum atomic E-state index is 7.01. The van der Waals surface area contributed by atoms with Crippen LogP contribution in [0.2, 0.25) is 0 Å². The van der Waals surface area contributed by atoms with Crippen LogP contribution in [-0.2, 0) is 53.8 Å². The monoisotopic (exact) mass is 247 g/mol. The van der Waals surface area contributed by atoms with Crippen LogP contribution in [0, 0.1) is 0 Å². The van der Waals surface area contributed by atoms with Crippen LogP contribution in [-0.4, -0.2) is 9.24 Å². The van der Waals surface area contributed by atoms with E-state index in [1.54, 1.807) is 0 Å². The van der Waals surface area contributed by atoms with Crippen molar-refractivity contribution in [3.8, 4) is 0 Å². The molecule has 2 nitrogen and oxygen atoms in total. The Kier molecular flexibility index (Phi) is 278. The molecule has 0 aliphatic heterocycles. The molecule has 39 valence electrons. The molecule has 5 heteroatoms. The zero-order valence-electron chi connectivity index (χ0n) is 2.03. The van der Waals surface area contributed by atoms with E-state index in [0.717, 1.165) is 20.2 Å². The summed E-state index contributed by atoms with van der Waals surface area (Å²) in [6.07, 6.45) is 0. The molecule has 0 aromatic rings. The quantitative estimate of drug-likeness (QED) is 0.525. The van der Waals surface area contributed by atoms with Gasteiger partial charge in [0.2, 0.25) is 0 Å². The zero-order chi connectivity index (χ0) is 2.00. The van der Waals surface area contributed by atoms with E-state index in [9.17, 15) is 0 Å². The molecule has 0 saturated carbocycles. The Morgan fingerprint density at radius 3 is 1.20 bits per heavy atom. The normalized spacial score (nSPS) is 1.00. The first kappa shape index (κ1) is 30.4. The summed E-state index contributed by atoms with van der Waals surface area (Å²) in [5.74, 6) is 0. The van der Waals surface area contributed by atoms with Crippen LogP contribution in [0.3, 0.4) is 0 Å². The molecule has 0 amide bonds. The van der Waals surface area contributed by atoms with E-state index in [1.807, 2.05) is 0 Å². The molecular formula is H3FeMoNiO2. The molecule has 0 saturated heterocycles. The fourth-order valence-corrected chi connectivity index (χ4v) is 0. The van der Waals surface area contributed by atoms with Crippen molar-refractivity contribution in [2.24, 2.45) is 0 Å². The molecule has 0 aliphatic carbocycles. The van der Waals surface area contributed by atoms with Crippen LogP contribution in [0.1, 0.15) is 0 Å². The third-order valence-corrected chi connectivity index (χ3v) is 0. The molecule has 0 aliphatic rings. The summed E-state index contributed by atoms with van der Waals surface area (Å²) in [5.41, 5.74) is 0. The van der Waals surface area contributed by atoms with Crippen molar-refractivity contribution in [1.82, 2.24) is 0 Å². The van der Waals surface area contributed by atoms with Crippen molar-refractivity contribution < 1.29 is 63.0 Å². The van der Waals surface area contributed by atoms with Gasteiger partial charge in [0, 0.05) is 33.6 Å². The molecule has 0 heterocycles. The number of rotatable bonds is 0. The van der Waals surface area contributed by atoms with E-state index >= 15 is 0 Å². The molecule has 0 fully saturated rings. The van der Waals surface area contributed by atoms with Gasteiger partial charge in [-0.15, -0.1) is 0 Å². The summed E-state index contributed by atoms with van der Waals surface area (Å²) in [5, 5.41) is 0. The average Bonchev–Trinajstić information content (AvgIpc) is 1.00. The molecule has 3 N–H and O–H groups in total. The van der Waals surface area contributed by atoms with Crippen molar-refractivity contribution in [1.29, 1.82) is 0 Å². The summed E-state index contributed by atoms with van der Waals surface area (Å²) >= 11 is 0.950.